The van der Waals surface area contributed by atoms with E-state index in [1.807, 2.05) is 0 Å². The summed E-state index contributed by atoms with van der Waals surface area (Å²) in [5.41, 5.74) is -0.115. The van der Waals surface area contributed by atoms with E-state index in [-0.39, 0.29) is 30.1 Å². The summed E-state index contributed by atoms with van der Waals surface area (Å²) in [6, 6.07) is -0.851. The number of hydrogen-bond acceptors (Lipinski definition) is 7. The second-order valence-corrected chi connectivity index (χ2v) is 12.2. The number of carbonyl (C=O) groups excluding carboxylic acids is 1. The lowest BCUT2D eigenvalue weighted by Crippen LogP contribution is -2.51. The molecule has 0 radical (unpaired) electrons. The lowest BCUT2D eigenvalue weighted by Gasteiger charge is -2.33. The van der Waals surface area contributed by atoms with Crippen molar-refractivity contribution in [2.75, 3.05) is 20.0 Å². The standard InChI is InChI=1S/C23H33FN4O5S/c1-13-17-9-15(7-8-23(13,17)21-25-10-14(24)11-26-21)33-12-19-20(27-34(3,30)31)16-5-4-6-18(16)28(19)22(29)32-2/h10-11,13,15-20,27H,4-9,12H2,1-3H3/t13-,15-,16-,17+,18+,19-,20-,23+/m0/s1. The first-order valence-corrected chi connectivity index (χ1v) is 14.0. The van der Waals surface area contributed by atoms with Gasteiger partial charge in [-0.1, -0.05) is 13.3 Å². The number of nitrogens with zero attached hydrogens (tertiary/aromatic N) is 3. The van der Waals surface area contributed by atoms with Crippen molar-refractivity contribution >= 4 is 16.1 Å². The predicted octanol–water partition coefficient (Wildman–Crippen LogP) is 2.23. The maximum atomic E-state index is 13.3. The van der Waals surface area contributed by atoms with Crippen LogP contribution in [0, 0.1) is 23.6 Å². The summed E-state index contributed by atoms with van der Waals surface area (Å²) < 4.78 is 51.8. The van der Waals surface area contributed by atoms with Gasteiger partial charge in [0, 0.05) is 17.5 Å². The van der Waals surface area contributed by atoms with Gasteiger partial charge in [0.05, 0.1) is 44.5 Å². The summed E-state index contributed by atoms with van der Waals surface area (Å²) in [6.07, 6.45) is 8.34. The molecule has 8 atom stereocenters. The van der Waals surface area contributed by atoms with Crippen LogP contribution < -0.4 is 4.72 Å². The molecule has 4 aliphatic rings. The number of sulfonamides is 1. The van der Waals surface area contributed by atoms with Crippen molar-refractivity contribution in [1.29, 1.82) is 0 Å². The van der Waals surface area contributed by atoms with Gasteiger partial charge in [-0.25, -0.2) is 32.3 Å². The molecule has 3 saturated carbocycles. The first-order valence-electron chi connectivity index (χ1n) is 12.1. The van der Waals surface area contributed by atoms with E-state index in [4.69, 9.17) is 9.47 Å². The van der Waals surface area contributed by atoms with Gasteiger partial charge in [0.15, 0.2) is 5.82 Å². The van der Waals surface area contributed by atoms with Gasteiger partial charge < -0.3 is 9.47 Å². The second kappa shape index (κ2) is 8.67. The first kappa shape index (κ1) is 23.9. The van der Waals surface area contributed by atoms with Crippen LogP contribution in [0.5, 0.6) is 0 Å². The number of likely N-dealkylation sites (tertiary alicyclic amines) is 1. The van der Waals surface area contributed by atoms with E-state index in [0.29, 0.717) is 17.7 Å². The highest BCUT2D eigenvalue weighted by Crippen LogP contribution is 2.66. The molecule has 9 nitrogen and oxygen atoms in total. The lowest BCUT2D eigenvalue weighted by atomic mass is 9.85. The van der Waals surface area contributed by atoms with Crippen LogP contribution >= 0.6 is 0 Å². The number of fused-ring (bicyclic) bond motifs is 2. The molecule has 0 spiro atoms. The Balaban J connectivity index is 1.29. The summed E-state index contributed by atoms with van der Waals surface area (Å²) in [5, 5.41) is 0. The van der Waals surface area contributed by atoms with Crippen molar-refractivity contribution < 1.29 is 27.1 Å². The van der Waals surface area contributed by atoms with Gasteiger partial charge in [-0.3, -0.25) is 4.90 Å². The summed E-state index contributed by atoms with van der Waals surface area (Å²) in [5.74, 6) is 1.09. The minimum atomic E-state index is -3.45. The average Bonchev–Trinajstić information content (AvgIpc) is 3.09. The third-order valence-corrected chi connectivity index (χ3v) is 9.46. The smallest absolute Gasteiger partial charge is 0.410 e. The summed E-state index contributed by atoms with van der Waals surface area (Å²) in [4.78, 5) is 22.9. The van der Waals surface area contributed by atoms with Gasteiger partial charge in [0.25, 0.3) is 0 Å². The van der Waals surface area contributed by atoms with Crippen molar-refractivity contribution in [2.24, 2.45) is 17.8 Å². The minimum Gasteiger partial charge on any atom is -0.453 e. The van der Waals surface area contributed by atoms with Crippen LogP contribution in [0.3, 0.4) is 0 Å². The SMILES string of the molecule is COC(=O)N1[C@@H]2CCC[C@@H]2[C@H](NS(C)(=O)=O)[C@@H]1CO[C@H]1CC[C@]2(c3ncc(F)cn3)[C@H](C1)[C@@H]2C. The molecular weight excluding hydrogens is 463 g/mol. The molecule has 2 heterocycles. The number of rotatable bonds is 6. The van der Waals surface area contributed by atoms with Crippen molar-refractivity contribution in [3.63, 3.8) is 0 Å². The topological polar surface area (TPSA) is 111 Å². The van der Waals surface area contributed by atoms with Crippen LogP contribution in [0.1, 0.15) is 51.3 Å². The van der Waals surface area contributed by atoms with Gasteiger partial charge >= 0.3 is 6.09 Å². The fourth-order valence-electron chi connectivity index (χ4n) is 7.19. The Hall–Kier alpha value is -1.85. The minimum absolute atomic E-state index is 0.00217. The summed E-state index contributed by atoms with van der Waals surface area (Å²) >= 11 is 0. The van der Waals surface area contributed by atoms with Crippen LogP contribution in [-0.2, 0) is 24.9 Å². The predicted molar refractivity (Wildman–Crippen MR) is 121 cm³/mol. The first-order chi connectivity index (χ1) is 16.2. The molecule has 1 aromatic rings. The van der Waals surface area contributed by atoms with Gasteiger partial charge in [0.1, 0.15) is 5.82 Å². The number of nitrogens with one attached hydrogen (secondary N) is 1. The molecule has 188 valence electrons. The summed E-state index contributed by atoms with van der Waals surface area (Å²) in [7, 11) is -2.10. The monoisotopic (exact) mass is 496 g/mol. The third-order valence-electron chi connectivity index (χ3n) is 8.76. The molecule has 1 amide bonds. The van der Waals surface area contributed by atoms with E-state index in [1.54, 1.807) is 4.90 Å². The number of carbonyl (C=O) groups is 1. The highest BCUT2D eigenvalue weighted by molar-refractivity contribution is 7.88. The van der Waals surface area contributed by atoms with E-state index >= 15 is 0 Å². The molecule has 1 saturated heterocycles. The van der Waals surface area contributed by atoms with Crippen LogP contribution in [0.2, 0.25) is 0 Å². The Morgan fingerprint density at radius 3 is 2.68 bits per heavy atom. The Morgan fingerprint density at radius 2 is 2.03 bits per heavy atom. The second-order valence-electron chi connectivity index (χ2n) is 10.4. The molecule has 1 aromatic heterocycles. The molecule has 3 aliphatic carbocycles. The normalized spacial score (nSPS) is 38.9. The summed E-state index contributed by atoms with van der Waals surface area (Å²) in [6.45, 7) is 2.43. The zero-order chi connectivity index (χ0) is 24.3. The number of aromatic nitrogens is 2. The maximum Gasteiger partial charge on any atom is 0.410 e. The number of halogens is 1. The Labute approximate surface area is 199 Å². The van der Waals surface area contributed by atoms with Crippen LogP contribution in [0.4, 0.5) is 9.18 Å². The molecule has 1 N–H and O–H groups in total. The molecule has 5 rings (SSSR count). The van der Waals surface area contributed by atoms with Crippen molar-refractivity contribution in [3.8, 4) is 0 Å². The van der Waals surface area contributed by atoms with Crippen LogP contribution in [-0.4, -0.2) is 73.6 Å². The number of hydrogen-bond donors (Lipinski definition) is 1. The zero-order valence-electron chi connectivity index (χ0n) is 19.8. The highest BCUT2D eigenvalue weighted by Gasteiger charge is 2.66. The molecule has 0 unspecified atom stereocenters. The molecule has 0 bridgehead atoms. The third kappa shape index (κ3) is 3.99. The Morgan fingerprint density at radius 1 is 1.29 bits per heavy atom. The molecule has 0 aromatic carbocycles. The van der Waals surface area contributed by atoms with E-state index in [9.17, 15) is 17.6 Å². The Bertz CT molecular complexity index is 1040. The largest absolute Gasteiger partial charge is 0.453 e. The fourth-order valence-corrected chi connectivity index (χ4v) is 8.01. The molecule has 34 heavy (non-hydrogen) atoms. The molecule has 1 aliphatic heterocycles. The van der Waals surface area contributed by atoms with Gasteiger partial charge in [0.2, 0.25) is 10.0 Å². The zero-order valence-corrected chi connectivity index (χ0v) is 20.6. The Kier molecular flexibility index (Phi) is 6.09. The van der Waals surface area contributed by atoms with Gasteiger partial charge in [-0.15, -0.1) is 0 Å². The van der Waals surface area contributed by atoms with Crippen LogP contribution in [0.25, 0.3) is 0 Å². The van der Waals surface area contributed by atoms with Crippen LogP contribution in [0.15, 0.2) is 12.4 Å². The van der Waals surface area contributed by atoms with Gasteiger partial charge in [-0.2, -0.15) is 0 Å². The van der Waals surface area contributed by atoms with Gasteiger partial charge in [-0.05, 0) is 49.9 Å². The highest BCUT2D eigenvalue weighted by atomic mass is 32.2. The van der Waals surface area contributed by atoms with E-state index in [2.05, 4.69) is 21.6 Å². The number of methoxy groups -OCH3 is 1. The average molecular weight is 497 g/mol. The molecule has 4 fully saturated rings. The molecular formula is C23H33FN4O5S. The number of ether oxygens (including phenoxy) is 2. The lowest BCUT2D eigenvalue weighted by molar-refractivity contribution is -0.0114. The van der Waals surface area contributed by atoms with Crippen molar-refractivity contribution in [1.82, 2.24) is 19.6 Å². The molecule has 11 heteroatoms. The van der Waals surface area contributed by atoms with E-state index < -0.39 is 34.0 Å². The van der Waals surface area contributed by atoms with E-state index in [0.717, 1.165) is 44.8 Å². The fraction of sp³-hybridized carbons (Fsp3) is 0.783. The number of amides is 1. The quantitative estimate of drug-likeness (QED) is 0.643. The van der Waals surface area contributed by atoms with E-state index in [1.165, 1.54) is 19.5 Å². The van der Waals surface area contributed by atoms with Crippen molar-refractivity contribution in [2.45, 2.75) is 75.1 Å². The van der Waals surface area contributed by atoms with Crippen molar-refractivity contribution in [3.05, 3.63) is 24.0 Å². The maximum absolute atomic E-state index is 13.3.